The molecule has 1 saturated heterocycles. The Bertz CT molecular complexity index is 1280. The summed E-state index contributed by atoms with van der Waals surface area (Å²) in [5.41, 5.74) is 2.00. The number of hydrogen-bond acceptors (Lipinski definition) is 6. The Kier molecular flexibility index (Phi) is 8.97. The molecule has 0 aliphatic carbocycles. The molecule has 0 spiro atoms. The lowest BCUT2D eigenvalue weighted by Crippen LogP contribution is -2.50. The molecule has 3 aromatic rings. The second kappa shape index (κ2) is 12.8. The van der Waals surface area contributed by atoms with Crippen LogP contribution in [0.1, 0.15) is 37.8 Å². The van der Waals surface area contributed by atoms with E-state index < -0.39 is 0 Å². The highest BCUT2D eigenvalue weighted by molar-refractivity contribution is 5.78. The van der Waals surface area contributed by atoms with E-state index in [1.807, 2.05) is 53.4 Å². The minimum absolute atomic E-state index is 0.0250. The molecular weight excluding hydrogens is 507 g/mol. The highest BCUT2D eigenvalue weighted by Gasteiger charge is 2.26. The van der Waals surface area contributed by atoms with Gasteiger partial charge < -0.3 is 14.4 Å². The first-order valence-electron chi connectivity index (χ1n) is 14.2. The van der Waals surface area contributed by atoms with Crippen LogP contribution in [0.4, 0.5) is 4.39 Å². The highest BCUT2D eigenvalue weighted by Crippen LogP contribution is 2.34. The molecule has 212 valence electrons. The molecule has 5 rings (SSSR count). The van der Waals surface area contributed by atoms with Crippen molar-refractivity contribution < 1.29 is 18.7 Å². The molecule has 2 aromatic carbocycles. The standard InChI is InChI=1S/C32H39FN4O3/c1-32(2)14-6-16-36(22-26-7-5-15-34-31(26)40-29-9-4-3-8-28(29)39-24-32)23-30(38)37-19-17-35(18-20-37)21-25-10-12-27(33)13-11-25/h3-5,7-13,15H,6,14,16-24H2,1-2H3. The van der Waals surface area contributed by atoms with Gasteiger partial charge in [0.25, 0.3) is 0 Å². The molecule has 8 heteroatoms. The van der Waals surface area contributed by atoms with Gasteiger partial charge in [-0.25, -0.2) is 9.37 Å². The second-order valence-corrected chi connectivity index (χ2v) is 11.6. The van der Waals surface area contributed by atoms with Gasteiger partial charge in [-0.15, -0.1) is 0 Å². The Labute approximate surface area is 236 Å². The largest absolute Gasteiger partial charge is 0.489 e. The zero-order chi connectivity index (χ0) is 28.0. The fourth-order valence-corrected chi connectivity index (χ4v) is 5.27. The molecular formula is C32H39FN4O3. The van der Waals surface area contributed by atoms with Gasteiger partial charge in [-0.3, -0.25) is 14.6 Å². The van der Waals surface area contributed by atoms with Crippen LogP contribution in [-0.2, 0) is 17.9 Å². The molecule has 40 heavy (non-hydrogen) atoms. The lowest BCUT2D eigenvalue weighted by Gasteiger charge is -2.36. The smallest absolute Gasteiger partial charge is 0.236 e. The Hall–Kier alpha value is -3.49. The summed E-state index contributed by atoms with van der Waals surface area (Å²) in [4.78, 5) is 24.5. The lowest BCUT2D eigenvalue weighted by atomic mass is 9.88. The number of piperazine rings is 1. The van der Waals surface area contributed by atoms with Gasteiger partial charge in [-0.1, -0.05) is 44.2 Å². The van der Waals surface area contributed by atoms with Crippen LogP contribution in [0.5, 0.6) is 17.4 Å². The average molecular weight is 547 g/mol. The van der Waals surface area contributed by atoms with Crippen molar-refractivity contribution in [2.45, 2.75) is 39.8 Å². The Morgan fingerprint density at radius 1 is 0.925 bits per heavy atom. The quantitative estimate of drug-likeness (QED) is 0.439. The molecule has 7 nitrogen and oxygen atoms in total. The van der Waals surface area contributed by atoms with Gasteiger partial charge in [-0.2, -0.15) is 0 Å². The van der Waals surface area contributed by atoms with E-state index in [0.29, 0.717) is 50.2 Å². The number of nitrogens with zero attached hydrogens (tertiary/aromatic N) is 4. The van der Waals surface area contributed by atoms with Crippen LogP contribution in [0.3, 0.4) is 0 Å². The van der Waals surface area contributed by atoms with Crippen molar-refractivity contribution in [1.82, 2.24) is 19.7 Å². The van der Waals surface area contributed by atoms with E-state index in [9.17, 15) is 9.18 Å². The van der Waals surface area contributed by atoms with Crippen molar-refractivity contribution in [1.29, 1.82) is 0 Å². The Balaban J connectivity index is 1.25. The summed E-state index contributed by atoms with van der Waals surface area (Å²) in [5, 5.41) is 0. The second-order valence-electron chi connectivity index (χ2n) is 11.6. The molecule has 2 aliphatic rings. The van der Waals surface area contributed by atoms with Crippen LogP contribution in [0.2, 0.25) is 0 Å². The number of fused-ring (bicyclic) bond motifs is 2. The number of ether oxygens (including phenoxy) is 2. The van der Waals surface area contributed by atoms with Gasteiger partial charge in [0.2, 0.25) is 11.8 Å². The van der Waals surface area contributed by atoms with Gasteiger partial charge in [0.05, 0.1) is 13.2 Å². The molecule has 0 unspecified atom stereocenters. The number of benzene rings is 2. The van der Waals surface area contributed by atoms with Gasteiger partial charge in [0.1, 0.15) is 5.82 Å². The number of para-hydroxylation sites is 2. The zero-order valence-corrected chi connectivity index (χ0v) is 23.5. The monoisotopic (exact) mass is 546 g/mol. The Morgan fingerprint density at radius 2 is 1.68 bits per heavy atom. The van der Waals surface area contributed by atoms with E-state index in [-0.39, 0.29) is 17.1 Å². The van der Waals surface area contributed by atoms with E-state index in [4.69, 9.17) is 9.47 Å². The van der Waals surface area contributed by atoms with E-state index in [1.165, 1.54) is 12.1 Å². The van der Waals surface area contributed by atoms with Crippen LogP contribution < -0.4 is 9.47 Å². The molecule has 0 radical (unpaired) electrons. The maximum Gasteiger partial charge on any atom is 0.236 e. The summed E-state index contributed by atoms with van der Waals surface area (Å²) in [6.45, 7) is 10.5. The lowest BCUT2D eigenvalue weighted by molar-refractivity contribution is -0.134. The van der Waals surface area contributed by atoms with Crippen molar-refractivity contribution in [3.8, 4) is 17.4 Å². The summed E-state index contributed by atoms with van der Waals surface area (Å²) in [6, 6.07) is 18.3. The third-order valence-electron chi connectivity index (χ3n) is 7.65. The number of amides is 1. The third-order valence-corrected chi connectivity index (χ3v) is 7.65. The Morgan fingerprint density at radius 3 is 2.45 bits per heavy atom. The van der Waals surface area contributed by atoms with Crippen molar-refractivity contribution in [3.05, 3.63) is 83.8 Å². The van der Waals surface area contributed by atoms with E-state index in [0.717, 1.165) is 50.1 Å². The molecule has 1 fully saturated rings. The van der Waals surface area contributed by atoms with Crippen molar-refractivity contribution in [2.75, 3.05) is 45.9 Å². The molecule has 0 saturated carbocycles. The summed E-state index contributed by atoms with van der Waals surface area (Å²) >= 11 is 0. The normalized spacial score (nSPS) is 18.6. The average Bonchev–Trinajstić information content (AvgIpc) is 2.95. The molecule has 3 heterocycles. The predicted molar refractivity (Wildman–Crippen MR) is 153 cm³/mol. The van der Waals surface area contributed by atoms with Crippen molar-refractivity contribution >= 4 is 5.91 Å². The zero-order valence-electron chi connectivity index (χ0n) is 23.5. The highest BCUT2D eigenvalue weighted by atomic mass is 19.1. The maximum absolute atomic E-state index is 13.5. The van der Waals surface area contributed by atoms with E-state index in [2.05, 4.69) is 28.6 Å². The number of carbonyl (C=O) groups is 1. The number of rotatable bonds is 4. The summed E-state index contributed by atoms with van der Waals surface area (Å²) < 4.78 is 25.7. The molecule has 1 amide bonds. The summed E-state index contributed by atoms with van der Waals surface area (Å²) in [7, 11) is 0. The van der Waals surface area contributed by atoms with Gasteiger partial charge in [0.15, 0.2) is 11.5 Å². The summed E-state index contributed by atoms with van der Waals surface area (Å²) in [6.07, 6.45) is 3.65. The molecule has 0 bridgehead atoms. The number of aromatic nitrogens is 1. The van der Waals surface area contributed by atoms with Crippen LogP contribution >= 0.6 is 0 Å². The van der Waals surface area contributed by atoms with Crippen LogP contribution in [0.25, 0.3) is 0 Å². The van der Waals surface area contributed by atoms with Crippen molar-refractivity contribution in [3.63, 3.8) is 0 Å². The minimum Gasteiger partial charge on any atom is -0.489 e. The van der Waals surface area contributed by atoms with Crippen molar-refractivity contribution in [2.24, 2.45) is 5.41 Å². The number of hydrogen-bond donors (Lipinski definition) is 0. The number of halogens is 1. The first-order valence-corrected chi connectivity index (χ1v) is 14.2. The molecule has 1 aromatic heterocycles. The number of pyridine rings is 1. The molecule has 0 atom stereocenters. The van der Waals surface area contributed by atoms with Gasteiger partial charge >= 0.3 is 0 Å². The van der Waals surface area contributed by atoms with Gasteiger partial charge in [-0.05, 0) is 60.7 Å². The maximum atomic E-state index is 13.5. The van der Waals surface area contributed by atoms with Crippen LogP contribution in [0, 0.1) is 11.2 Å². The first-order chi connectivity index (χ1) is 19.3. The first kappa shape index (κ1) is 28.1. The minimum atomic E-state index is -0.219. The molecule has 0 N–H and O–H groups in total. The fourth-order valence-electron chi connectivity index (χ4n) is 5.27. The predicted octanol–water partition coefficient (Wildman–Crippen LogP) is 5.36. The van der Waals surface area contributed by atoms with Crippen LogP contribution in [0.15, 0.2) is 66.9 Å². The fraction of sp³-hybridized carbons (Fsp3) is 0.438. The van der Waals surface area contributed by atoms with E-state index in [1.54, 1.807) is 6.20 Å². The topological polar surface area (TPSA) is 58.1 Å². The van der Waals surface area contributed by atoms with Crippen LogP contribution in [-0.4, -0.2) is 71.5 Å². The van der Waals surface area contributed by atoms with E-state index >= 15 is 0 Å². The number of carbonyl (C=O) groups excluding carboxylic acids is 1. The third kappa shape index (κ3) is 7.58. The SMILES string of the molecule is CC1(C)CCCN(CC(=O)N2CCN(Cc3ccc(F)cc3)CC2)Cc2cccnc2Oc2ccccc2OC1. The summed E-state index contributed by atoms with van der Waals surface area (Å²) in [5.74, 6) is 1.80. The molecule has 2 aliphatic heterocycles. The van der Waals surface area contributed by atoms with Gasteiger partial charge in [0, 0.05) is 51.0 Å².